The zero-order valence-electron chi connectivity index (χ0n) is 10.4. The molecule has 2 nitrogen and oxygen atoms in total. The fourth-order valence-corrected chi connectivity index (χ4v) is 1.34. The summed E-state index contributed by atoms with van der Waals surface area (Å²) in [5.74, 6) is -1.46. The van der Waals surface area contributed by atoms with Crippen molar-refractivity contribution in [1.29, 1.82) is 0 Å². The molecule has 0 fully saturated rings. The van der Waals surface area contributed by atoms with E-state index in [0.717, 1.165) is 0 Å². The van der Waals surface area contributed by atoms with Crippen LogP contribution in [-0.4, -0.2) is 24.7 Å². The van der Waals surface area contributed by atoms with Gasteiger partial charge in [-0.2, -0.15) is 13.2 Å². The Hall–Kier alpha value is -1.92. The first-order valence-electron chi connectivity index (χ1n) is 5.44. The molecule has 0 aliphatic rings. The molecule has 110 valence electrons. The fourth-order valence-electron chi connectivity index (χ4n) is 1.34. The lowest BCUT2D eigenvalue weighted by Gasteiger charge is -2.19. The van der Waals surface area contributed by atoms with E-state index in [1.807, 2.05) is 0 Å². The molecule has 1 unspecified atom stereocenters. The molecule has 0 saturated carbocycles. The van der Waals surface area contributed by atoms with Gasteiger partial charge < -0.3 is 4.74 Å². The Labute approximate surface area is 111 Å². The normalized spacial score (nSPS) is 13.2. The lowest BCUT2D eigenvalue weighted by molar-refractivity contribution is -0.236. The van der Waals surface area contributed by atoms with E-state index in [9.17, 15) is 26.7 Å². The van der Waals surface area contributed by atoms with E-state index in [0.29, 0.717) is 11.1 Å². The maximum Gasteiger partial charge on any atom is 0.431 e. The van der Waals surface area contributed by atoms with Crippen molar-refractivity contribution in [3.8, 4) is 0 Å². The minimum Gasteiger partial charge on any atom is -0.443 e. The van der Waals surface area contributed by atoms with E-state index in [1.165, 1.54) is 24.3 Å². The Morgan fingerprint density at radius 2 is 1.60 bits per heavy atom. The van der Waals surface area contributed by atoms with Crippen molar-refractivity contribution >= 4 is 11.5 Å². The van der Waals surface area contributed by atoms with Crippen LogP contribution in [-0.2, 0) is 4.74 Å². The molecule has 0 amide bonds. The van der Waals surface area contributed by atoms with Crippen molar-refractivity contribution in [2.24, 2.45) is 0 Å². The van der Waals surface area contributed by atoms with Crippen molar-refractivity contribution < 1.29 is 31.5 Å². The quantitative estimate of drug-likeness (QED) is 0.618. The number of rotatable bonds is 4. The highest BCUT2D eigenvalue weighted by Crippen LogP contribution is 2.28. The van der Waals surface area contributed by atoms with E-state index >= 15 is 0 Å². The van der Waals surface area contributed by atoms with Crippen molar-refractivity contribution in [2.45, 2.75) is 25.6 Å². The number of alkyl halides is 5. The van der Waals surface area contributed by atoms with E-state index < -0.39 is 24.7 Å². The SMILES string of the molecule is C=C(C)c1ccc(C(=O)OC(C(F)F)C(F)(F)F)cc1. The Morgan fingerprint density at radius 1 is 1.15 bits per heavy atom. The van der Waals surface area contributed by atoms with Crippen LogP contribution in [0.4, 0.5) is 22.0 Å². The molecule has 0 aromatic heterocycles. The van der Waals surface area contributed by atoms with Gasteiger partial charge in [-0.25, -0.2) is 13.6 Å². The fraction of sp³-hybridized carbons (Fsp3) is 0.308. The number of allylic oxidation sites excluding steroid dienone is 1. The van der Waals surface area contributed by atoms with Crippen molar-refractivity contribution in [2.75, 3.05) is 0 Å². The number of benzene rings is 1. The third-order valence-electron chi connectivity index (χ3n) is 2.40. The summed E-state index contributed by atoms with van der Waals surface area (Å²) in [5, 5.41) is 0. The summed E-state index contributed by atoms with van der Waals surface area (Å²) in [6.45, 7) is 5.34. The van der Waals surface area contributed by atoms with Crippen molar-refractivity contribution in [3.05, 3.63) is 42.0 Å². The molecule has 1 atom stereocenters. The van der Waals surface area contributed by atoms with Crippen LogP contribution in [0.3, 0.4) is 0 Å². The maximum atomic E-state index is 12.2. The predicted octanol–water partition coefficient (Wildman–Crippen LogP) is 4.07. The molecule has 1 aromatic rings. The van der Waals surface area contributed by atoms with E-state index in [-0.39, 0.29) is 5.56 Å². The van der Waals surface area contributed by atoms with Gasteiger partial charge in [-0.15, -0.1) is 0 Å². The van der Waals surface area contributed by atoms with Gasteiger partial charge >= 0.3 is 12.1 Å². The first kappa shape index (κ1) is 16.1. The largest absolute Gasteiger partial charge is 0.443 e. The molecule has 0 aliphatic carbocycles. The van der Waals surface area contributed by atoms with Crippen LogP contribution in [0.15, 0.2) is 30.8 Å². The second-order valence-electron chi connectivity index (χ2n) is 4.06. The summed E-state index contributed by atoms with van der Waals surface area (Å²) < 4.78 is 65.0. The van der Waals surface area contributed by atoms with Gasteiger partial charge in [0, 0.05) is 0 Å². The average Bonchev–Trinajstić information content (AvgIpc) is 2.33. The van der Waals surface area contributed by atoms with Crippen LogP contribution in [0.2, 0.25) is 0 Å². The van der Waals surface area contributed by atoms with Gasteiger partial charge in [0.1, 0.15) is 0 Å². The Bertz CT molecular complexity index is 490. The average molecular weight is 294 g/mol. The monoisotopic (exact) mass is 294 g/mol. The zero-order chi connectivity index (χ0) is 15.5. The lowest BCUT2D eigenvalue weighted by atomic mass is 10.1. The summed E-state index contributed by atoms with van der Waals surface area (Å²) in [5.41, 5.74) is 1.11. The van der Waals surface area contributed by atoms with Gasteiger partial charge in [0.25, 0.3) is 12.5 Å². The smallest absolute Gasteiger partial charge is 0.431 e. The third kappa shape index (κ3) is 4.04. The van der Waals surface area contributed by atoms with Gasteiger partial charge in [-0.1, -0.05) is 24.3 Å². The van der Waals surface area contributed by atoms with Gasteiger partial charge in [0.15, 0.2) is 0 Å². The molecule has 0 saturated heterocycles. The summed E-state index contributed by atoms with van der Waals surface area (Å²) in [6, 6.07) is 5.24. The maximum absolute atomic E-state index is 12.2. The van der Waals surface area contributed by atoms with Gasteiger partial charge in [0.2, 0.25) is 0 Å². The van der Waals surface area contributed by atoms with Gasteiger partial charge in [0.05, 0.1) is 5.56 Å². The Balaban J connectivity index is 2.87. The van der Waals surface area contributed by atoms with E-state index in [1.54, 1.807) is 6.92 Å². The zero-order valence-corrected chi connectivity index (χ0v) is 10.4. The Kier molecular flexibility index (Phi) is 4.86. The molecule has 1 rings (SSSR count). The highest BCUT2D eigenvalue weighted by Gasteiger charge is 2.49. The van der Waals surface area contributed by atoms with Crippen LogP contribution in [0, 0.1) is 0 Å². The number of hydrogen-bond donors (Lipinski definition) is 0. The second kappa shape index (κ2) is 6.02. The summed E-state index contributed by atoms with van der Waals surface area (Å²) >= 11 is 0. The predicted molar refractivity (Wildman–Crippen MR) is 62.4 cm³/mol. The number of esters is 1. The molecule has 0 aliphatic heterocycles. The summed E-state index contributed by atoms with van der Waals surface area (Å²) in [4.78, 5) is 11.4. The molecular weight excluding hydrogens is 283 g/mol. The third-order valence-corrected chi connectivity index (χ3v) is 2.40. The standard InChI is InChI=1S/C13H11F5O2/c1-7(2)8-3-5-9(6-4-8)12(19)20-10(11(14)15)13(16,17)18/h3-6,10-11H,1H2,2H3. The molecular formula is C13H11F5O2. The highest BCUT2D eigenvalue weighted by atomic mass is 19.4. The second-order valence-corrected chi connectivity index (χ2v) is 4.06. The molecule has 7 heteroatoms. The van der Waals surface area contributed by atoms with Gasteiger partial charge in [-0.3, -0.25) is 0 Å². The molecule has 0 heterocycles. The molecule has 0 N–H and O–H groups in total. The van der Waals surface area contributed by atoms with Crippen LogP contribution < -0.4 is 0 Å². The first-order chi connectivity index (χ1) is 9.12. The molecule has 20 heavy (non-hydrogen) atoms. The molecule has 0 radical (unpaired) electrons. The number of halogens is 5. The first-order valence-corrected chi connectivity index (χ1v) is 5.44. The molecule has 0 bridgehead atoms. The van der Waals surface area contributed by atoms with Gasteiger partial charge in [-0.05, 0) is 24.6 Å². The van der Waals surface area contributed by atoms with E-state index in [4.69, 9.17) is 0 Å². The van der Waals surface area contributed by atoms with Crippen molar-refractivity contribution in [3.63, 3.8) is 0 Å². The van der Waals surface area contributed by atoms with Crippen molar-refractivity contribution in [1.82, 2.24) is 0 Å². The molecule has 1 aromatic carbocycles. The van der Waals surface area contributed by atoms with Crippen LogP contribution in [0.5, 0.6) is 0 Å². The van der Waals surface area contributed by atoms with Crippen LogP contribution >= 0.6 is 0 Å². The highest BCUT2D eigenvalue weighted by molar-refractivity contribution is 5.90. The van der Waals surface area contributed by atoms with Crippen LogP contribution in [0.25, 0.3) is 5.57 Å². The number of hydrogen-bond acceptors (Lipinski definition) is 2. The van der Waals surface area contributed by atoms with Crippen LogP contribution in [0.1, 0.15) is 22.8 Å². The minimum atomic E-state index is -5.32. The number of ether oxygens (including phenoxy) is 1. The summed E-state index contributed by atoms with van der Waals surface area (Å²) in [6.07, 6.45) is -12.6. The minimum absolute atomic E-state index is 0.245. The van der Waals surface area contributed by atoms with E-state index in [2.05, 4.69) is 11.3 Å². The topological polar surface area (TPSA) is 26.3 Å². The Morgan fingerprint density at radius 3 is 1.95 bits per heavy atom. The number of carbonyl (C=O) groups excluding carboxylic acids is 1. The number of carbonyl (C=O) groups is 1. The summed E-state index contributed by atoms with van der Waals surface area (Å²) in [7, 11) is 0. The molecule has 0 spiro atoms. The lowest BCUT2D eigenvalue weighted by Crippen LogP contribution is -2.39.